The minimum atomic E-state index is -0.317. The molecule has 0 saturated carbocycles. The number of carbonyl (C=O) groups excluding carboxylic acids is 2. The first-order chi connectivity index (χ1) is 13.5. The van der Waals surface area contributed by atoms with E-state index in [2.05, 4.69) is 5.32 Å². The number of nitrogens with one attached hydrogen (secondary N) is 1. The summed E-state index contributed by atoms with van der Waals surface area (Å²) in [6, 6.07) is 24.9. The standard InChI is InChI=1S/C24H24N2O2/c1-18-13-14-21(15-19(18)2)25-23(27)16-24(28)26(22-11-7-4-8-12-22)17-20-9-5-3-6-10-20/h3-15H,16-17H2,1-2H3,(H,25,27). The number of aryl methyl sites for hydroxylation is 2. The van der Waals surface area contributed by atoms with Crippen LogP contribution in [-0.2, 0) is 16.1 Å². The summed E-state index contributed by atoms with van der Waals surface area (Å²) in [6.07, 6.45) is -0.214. The topological polar surface area (TPSA) is 49.4 Å². The maximum Gasteiger partial charge on any atom is 0.236 e. The predicted octanol–water partition coefficient (Wildman–Crippen LogP) is 4.87. The number of hydrogen-bond donors (Lipinski definition) is 1. The Balaban J connectivity index is 1.73. The molecule has 3 aromatic rings. The monoisotopic (exact) mass is 372 g/mol. The molecule has 2 amide bonds. The highest BCUT2D eigenvalue weighted by atomic mass is 16.2. The molecule has 0 aliphatic rings. The lowest BCUT2D eigenvalue weighted by atomic mass is 10.1. The van der Waals surface area contributed by atoms with Crippen LogP contribution in [0, 0.1) is 13.8 Å². The molecule has 0 spiro atoms. The fourth-order valence-electron chi connectivity index (χ4n) is 2.95. The van der Waals surface area contributed by atoms with E-state index in [0.29, 0.717) is 12.2 Å². The molecule has 0 aliphatic heterocycles. The Morgan fingerprint density at radius 3 is 2.11 bits per heavy atom. The Morgan fingerprint density at radius 1 is 0.821 bits per heavy atom. The molecule has 0 aromatic heterocycles. The quantitative estimate of drug-likeness (QED) is 0.628. The van der Waals surface area contributed by atoms with Gasteiger partial charge in [-0.05, 0) is 54.8 Å². The zero-order valence-electron chi connectivity index (χ0n) is 16.2. The highest BCUT2D eigenvalue weighted by molar-refractivity contribution is 6.09. The molecule has 0 unspecified atom stereocenters. The Labute approximate surface area is 165 Å². The fourth-order valence-corrected chi connectivity index (χ4v) is 2.95. The molecule has 1 N–H and O–H groups in total. The molecule has 28 heavy (non-hydrogen) atoms. The predicted molar refractivity (Wildman–Crippen MR) is 113 cm³/mol. The van der Waals surface area contributed by atoms with Crippen LogP contribution in [0.5, 0.6) is 0 Å². The van der Waals surface area contributed by atoms with Gasteiger partial charge >= 0.3 is 0 Å². The molecule has 0 fully saturated rings. The summed E-state index contributed by atoms with van der Waals surface area (Å²) in [4.78, 5) is 27.0. The highest BCUT2D eigenvalue weighted by Crippen LogP contribution is 2.19. The second kappa shape index (κ2) is 9.00. The van der Waals surface area contributed by atoms with E-state index in [-0.39, 0.29) is 18.2 Å². The minimum Gasteiger partial charge on any atom is -0.326 e. The van der Waals surface area contributed by atoms with Gasteiger partial charge in [-0.25, -0.2) is 0 Å². The van der Waals surface area contributed by atoms with Crippen molar-refractivity contribution in [3.63, 3.8) is 0 Å². The molecule has 4 heteroatoms. The fraction of sp³-hybridized carbons (Fsp3) is 0.167. The van der Waals surface area contributed by atoms with Crippen molar-refractivity contribution in [1.29, 1.82) is 0 Å². The third kappa shape index (κ3) is 5.07. The van der Waals surface area contributed by atoms with Crippen LogP contribution < -0.4 is 10.2 Å². The molecule has 3 aromatic carbocycles. The molecule has 0 saturated heterocycles. The zero-order chi connectivity index (χ0) is 19.9. The van der Waals surface area contributed by atoms with E-state index >= 15 is 0 Å². The Hall–Kier alpha value is -3.40. The summed E-state index contributed by atoms with van der Waals surface area (Å²) >= 11 is 0. The van der Waals surface area contributed by atoms with Gasteiger partial charge in [0.15, 0.2) is 0 Å². The first kappa shape index (κ1) is 19.4. The van der Waals surface area contributed by atoms with Crippen molar-refractivity contribution in [3.8, 4) is 0 Å². The molecule has 0 radical (unpaired) electrons. The smallest absolute Gasteiger partial charge is 0.236 e. The number of nitrogens with zero attached hydrogens (tertiary/aromatic N) is 1. The maximum atomic E-state index is 12.9. The number of para-hydroxylation sites is 1. The van der Waals surface area contributed by atoms with Crippen LogP contribution in [0.25, 0.3) is 0 Å². The Kier molecular flexibility index (Phi) is 6.22. The SMILES string of the molecule is Cc1ccc(NC(=O)CC(=O)N(Cc2ccccc2)c2ccccc2)cc1C. The second-order valence-corrected chi connectivity index (χ2v) is 6.83. The van der Waals surface area contributed by atoms with Crippen molar-refractivity contribution in [3.05, 3.63) is 95.6 Å². The molecule has 142 valence electrons. The molecular formula is C24H24N2O2. The molecule has 0 bridgehead atoms. The lowest BCUT2D eigenvalue weighted by molar-refractivity contribution is -0.125. The normalized spacial score (nSPS) is 10.4. The van der Waals surface area contributed by atoms with Crippen molar-refractivity contribution >= 4 is 23.2 Å². The summed E-state index contributed by atoms with van der Waals surface area (Å²) < 4.78 is 0. The van der Waals surface area contributed by atoms with Gasteiger partial charge in [0, 0.05) is 11.4 Å². The zero-order valence-corrected chi connectivity index (χ0v) is 16.2. The largest absolute Gasteiger partial charge is 0.326 e. The molecular weight excluding hydrogens is 348 g/mol. The van der Waals surface area contributed by atoms with Gasteiger partial charge in [0.05, 0.1) is 6.54 Å². The van der Waals surface area contributed by atoms with Crippen molar-refractivity contribution in [2.24, 2.45) is 0 Å². The number of anilines is 2. The van der Waals surface area contributed by atoms with E-state index in [4.69, 9.17) is 0 Å². The molecule has 3 rings (SSSR count). The van der Waals surface area contributed by atoms with E-state index in [0.717, 1.165) is 22.4 Å². The van der Waals surface area contributed by atoms with Crippen LogP contribution in [0.2, 0.25) is 0 Å². The molecule has 0 aliphatic carbocycles. The van der Waals surface area contributed by atoms with Crippen molar-refractivity contribution in [2.75, 3.05) is 10.2 Å². The van der Waals surface area contributed by atoms with E-state index in [1.807, 2.05) is 92.7 Å². The minimum absolute atomic E-state index is 0.214. The van der Waals surface area contributed by atoms with Gasteiger partial charge in [-0.2, -0.15) is 0 Å². The average molecular weight is 372 g/mol. The van der Waals surface area contributed by atoms with Crippen molar-refractivity contribution < 1.29 is 9.59 Å². The van der Waals surface area contributed by atoms with Gasteiger partial charge in [0.25, 0.3) is 0 Å². The summed E-state index contributed by atoms with van der Waals surface area (Å²) in [7, 11) is 0. The average Bonchev–Trinajstić information content (AvgIpc) is 2.70. The first-order valence-corrected chi connectivity index (χ1v) is 9.29. The van der Waals surface area contributed by atoms with Crippen LogP contribution in [0.3, 0.4) is 0 Å². The first-order valence-electron chi connectivity index (χ1n) is 9.29. The number of hydrogen-bond acceptors (Lipinski definition) is 2. The summed E-state index contributed by atoms with van der Waals surface area (Å²) in [5.74, 6) is -0.557. The second-order valence-electron chi connectivity index (χ2n) is 6.83. The van der Waals surface area contributed by atoms with Gasteiger partial charge in [-0.3, -0.25) is 9.59 Å². The molecule has 4 nitrogen and oxygen atoms in total. The van der Waals surface area contributed by atoms with E-state index in [9.17, 15) is 9.59 Å². The summed E-state index contributed by atoms with van der Waals surface area (Å²) in [5, 5.41) is 2.82. The van der Waals surface area contributed by atoms with Gasteiger partial charge in [-0.1, -0.05) is 54.6 Å². The highest BCUT2D eigenvalue weighted by Gasteiger charge is 2.19. The number of amides is 2. The summed E-state index contributed by atoms with van der Waals surface area (Å²) in [5.41, 5.74) is 4.74. The Morgan fingerprint density at radius 2 is 1.46 bits per heavy atom. The Bertz CT molecular complexity index is 953. The third-order valence-corrected chi connectivity index (χ3v) is 4.65. The van der Waals surface area contributed by atoms with E-state index in [1.54, 1.807) is 4.90 Å². The van der Waals surface area contributed by atoms with E-state index < -0.39 is 0 Å². The number of carbonyl (C=O) groups is 2. The molecule has 0 heterocycles. The van der Waals surface area contributed by atoms with E-state index in [1.165, 1.54) is 0 Å². The van der Waals surface area contributed by atoms with Gasteiger partial charge < -0.3 is 10.2 Å². The summed E-state index contributed by atoms with van der Waals surface area (Å²) in [6.45, 7) is 4.43. The lowest BCUT2D eigenvalue weighted by Gasteiger charge is -2.23. The third-order valence-electron chi connectivity index (χ3n) is 4.65. The molecule has 0 atom stereocenters. The van der Waals surface area contributed by atoms with Crippen LogP contribution >= 0.6 is 0 Å². The van der Waals surface area contributed by atoms with Crippen molar-refractivity contribution in [1.82, 2.24) is 0 Å². The maximum absolute atomic E-state index is 12.9. The van der Waals surface area contributed by atoms with Crippen LogP contribution in [0.15, 0.2) is 78.9 Å². The lowest BCUT2D eigenvalue weighted by Crippen LogP contribution is -2.33. The number of benzene rings is 3. The van der Waals surface area contributed by atoms with Crippen molar-refractivity contribution in [2.45, 2.75) is 26.8 Å². The van der Waals surface area contributed by atoms with Gasteiger partial charge in [0.1, 0.15) is 6.42 Å². The van der Waals surface area contributed by atoms with Crippen LogP contribution in [0.1, 0.15) is 23.1 Å². The van der Waals surface area contributed by atoms with Gasteiger partial charge in [-0.15, -0.1) is 0 Å². The van der Waals surface area contributed by atoms with Crippen LogP contribution in [-0.4, -0.2) is 11.8 Å². The number of rotatable bonds is 6. The van der Waals surface area contributed by atoms with Gasteiger partial charge in [0.2, 0.25) is 11.8 Å². The van der Waals surface area contributed by atoms with Crippen LogP contribution in [0.4, 0.5) is 11.4 Å².